The first kappa shape index (κ1) is 19.0. The van der Waals surface area contributed by atoms with Gasteiger partial charge in [-0.25, -0.2) is 9.48 Å². The van der Waals surface area contributed by atoms with Crippen LogP contribution in [0, 0.1) is 0 Å². The van der Waals surface area contributed by atoms with Gasteiger partial charge in [0.1, 0.15) is 17.1 Å². The van der Waals surface area contributed by atoms with Crippen LogP contribution in [-0.4, -0.2) is 35.9 Å². The molecule has 0 aliphatic carbocycles. The second-order valence-corrected chi connectivity index (χ2v) is 5.93. The van der Waals surface area contributed by atoms with Gasteiger partial charge in [-0.3, -0.25) is 4.79 Å². The van der Waals surface area contributed by atoms with Crippen molar-refractivity contribution in [3.8, 4) is 11.4 Å². The summed E-state index contributed by atoms with van der Waals surface area (Å²) < 4.78 is 11.2. The van der Waals surface area contributed by atoms with E-state index in [0.29, 0.717) is 17.8 Å². The number of carbonyl (C=O) groups is 2. The van der Waals surface area contributed by atoms with Crippen LogP contribution in [0.3, 0.4) is 0 Å². The lowest BCUT2D eigenvalue weighted by Gasteiger charge is -2.08. The van der Waals surface area contributed by atoms with E-state index >= 15 is 0 Å². The predicted molar refractivity (Wildman–Crippen MR) is 103 cm³/mol. The highest BCUT2D eigenvalue weighted by Crippen LogP contribution is 2.18. The minimum Gasteiger partial charge on any atom is -0.497 e. The fourth-order valence-electron chi connectivity index (χ4n) is 2.65. The molecule has 0 atom stereocenters. The molecule has 0 radical (unpaired) electrons. The number of aromatic nitrogens is 2. The molecular formula is C20H20N4O4. The van der Waals surface area contributed by atoms with Crippen molar-refractivity contribution in [2.75, 3.05) is 20.0 Å². The molecule has 0 unspecified atom stereocenters. The summed E-state index contributed by atoms with van der Waals surface area (Å²) in [5, 5.41) is 6.96. The maximum absolute atomic E-state index is 12.4. The number of benzene rings is 2. The van der Waals surface area contributed by atoms with Crippen molar-refractivity contribution >= 4 is 17.7 Å². The highest BCUT2D eigenvalue weighted by Gasteiger charge is 2.16. The molecule has 0 saturated carbocycles. The molecule has 1 amide bonds. The van der Waals surface area contributed by atoms with Gasteiger partial charge in [-0.15, -0.1) is 0 Å². The van der Waals surface area contributed by atoms with E-state index in [0.717, 1.165) is 11.3 Å². The van der Waals surface area contributed by atoms with Crippen LogP contribution in [0.25, 0.3) is 5.69 Å². The van der Waals surface area contributed by atoms with Crippen LogP contribution in [0.4, 0.5) is 5.82 Å². The molecule has 0 bridgehead atoms. The van der Waals surface area contributed by atoms with Crippen molar-refractivity contribution in [1.29, 1.82) is 0 Å². The molecule has 28 heavy (non-hydrogen) atoms. The Morgan fingerprint density at radius 3 is 2.57 bits per heavy atom. The molecule has 0 fully saturated rings. The topological polar surface area (TPSA) is 108 Å². The van der Waals surface area contributed by atoms with Gasteiger partial charge in [0.15, 0.2) is 0 Å². The van der Waals surface area contributed by atoms with Gasteiger partial charge in [0.25, 0.3) is 5.91 Å². The standard InChI is InChI=1S/C20H20N4O4/c1-27-16-5-3-4-13(10-16)11-22-19(25)14-6-8-15(9-7-14)24-18(21)17(12-23-24)20(26)28-2/h3-10,12H,11,21H2,1-2H3,(H,22,25). The number of amides is 1. The molecule has 0 saturated heterocycles. The van der Waals surface area contributed by atoms with E-state index in [1.54, 1.807) is 31.4 Å². The first-order valence-corrected chi connectivity index (χ1v) is 8.47. The van der Waals surface area contributed by atoms with E-state index in [1.165, 1.54) is 18.0 Å². The summed E-state index contributed by atoms with van der Waals surface area (Å²) in [5.74, 6) is 0.136. The molecule has 3 aromatic rings. The van der Waals surface area contributed by atoms with E-state index < -0.39 is 5.97 Å². The number of nitrogen functional groups attached to an aromatic ring is 1. The quantitative estimate of drug-likeness (QED) is 0.635. The monoisotopic (exact) mass is 380 g/mol. The van der Waals surface area contributed by atoms with Gasteiger partial charge in [-0.05, 0) is 42.0 Å². The fraction of sp³-hybridized carbons (Fsp3) is 0.150. The predicted octanol–water partition coefficient (Wildman–Crippen LogP) is 2.18. The Bertz CT molecular complexity index is 996. The number of rotatable bonds is 6. The maximum Gasteiger partial charge on any atom is 0.343 e. The molecule has 3 N–H and O–H groups in total. The van der Waals surface area contributed by atoms with Crippen molar-refractivity contribution in [1.82, 2.24) is 15.1 Å². The average Bonchev–Trinajstić information content (AvgIpc) is 3.13. The number of hydrogen-bond donors (Lipinski definition) is 2. The maximum atomic E-state index is 12.4. The van der Waals surface area contributed by atoms with E-state index in [-0.39, 0.29) is 17.3 Å². The summed E-state index contributed by atoms with van der Waals surface area (Å²) in [5.41, 5.74) is 8.19. The van der Waals surface area contributed by atoms with E-state index in [9.17, 15) is 9.59 Å². The van der Waals surface area contributed by atoms with Gasteiger partial charge in [0.2, 0.25) is 0 Å². The van der Waals surface area contributed by atoms with Gasteiger partial charge in [-0.1, -0.05) is 12.1 Å². The van der Waals surface area contributed by atoms with Crippen LogP contribution in [-0.2, 0) is 11.3 Å². The van der Waals surface area contributed by atoms with Crippen molar-refractivity contribution in [2.24, 2.45) is 0 Å². The number of nitrogens with one attached hydrogen (secondary N) is 1. The van der Waals surface area contributed by atoms with Gasteiger partial charge in [-0.2, -0.15) is 5.10 Å². The Morgan fingerprint density at radius 2 is 1.89 bits per heavy atom. The molecule has 2 aromatic carbocycles. The molecular weight excluding hydrogens is 360 g/mol. The average molecular weight is 380 g/mol. The number of anilines is 1. The van der Waals surface area contributed by atoms with Gasteiger partial charge in [0.05, 0.1) is 26.1 Å². The third-order valence-electron chi connectivity index (χ3n) is 4.17. The number of nitrogens with zero attached hydrogens (tertiary/aromatic N) is 2. The molecule has 1 heterocycles. The normalized spacial score (nSPS) is 10.4. The number of esters is 1. The van der Waals surface area contributed by atoms with Crippen LogP contribution < -0.4 is 15.8 Å². The summed E-state index contributed by atoms with van der Waals surface area (Å²) in [6.07, 6.45) is 1.34. The van der Waals surface area contributed by atoms with Gasteiger partial charge in [0, 0.05) is 12.1 Å². The van der Waals surface area contributed by atoms with Gasteiger partial charge >= 0.3 is 5.97 Å². The summed E-state index contributed by atoms with van der Waals surface area (Å²) in [6.45, 7) is 0.381. The first-order valence-electron chi connectivity index (χ1n) is 8.47. The highest BCUT2D eigenvalue weighted by atomic mass is 16.5. The summed E-state index contributed by atoms with van der Waals surface area (Å²) in [4.78, 5) is 24.0. The zero-order chi connectivity index (χ0) is 20.1. The molecule has 0 spiro atoms. The molecule has 1 aromatic heterocycles. The number of carbonyl (C=O) groups excluding carboxylic acids is 2. The molecule has 144 valence electrons. The van der Waals surface area contributed by atoms with Crippen LogP contribution >= 0.6 is 0 Å². The molecule has 0 aliphatic heterocycles. The summed E-state index contributed by atoms with van der Waals surface area (Å²) in [7, 11) is 2.87. The first-order chi connectivity index (χ1) is 13.5. The van der Waals surface area contributed by atoms with E-state index in [1.807, 2.05) is 24.3 Å². The smallest absolute Gasteiger partial charge is 0.343 e. The lowest BCUT2D eigenvalue weighted by Crippen LogP contribution is -2.22. The number of hydrogen-bond acceptors (Lipinski definition) is 6. The number of methoxy groups -OCH3 is 2. The van der Waals surface area contributed by atoms with Crippen LogP contribution in [0.15, 0.2) is 54.7 Å². The minimum absolute atomic E-state index is 0.169. The Labute approximate surface area is 161 Å². The summed E-state index contributed by atoms with van der Waals surface area (Å²) in [6, 6.07) is 14.2. The van der Waals surface area contributed by atoms with Crippen molar-refractivity contribution < 1.29 is 19.1 Å². The number of nitrogens with two attached hydrogens (primary N) is 1. The second kappa shape index (κ2) is 8.26. The zero-order valence-electron chi connectivity index (χ0n) is 15.5. The fourth-order valence-corrected chi connectivity index (χ4v) is 2.65. The number of ether oxygens (including phenoxy) is 2. The Balaban J connectivity index is 1.69. The van der Waals surface area contributed by atoms with Crippen molar-refractivity contribution in [3.63, 3.8) is 0 Å². The Hall–Kier alpha value is -3.81. The highest BCUT2D eigenvalue weighted by molar-refractivity contribution is 5.95. The van der Waals surface area contributed by atoms with Crippen molar-refractivity contribution in [2.45, 2.75) is 6.54 Å². The molecule has 3 rings (SSSR count). The minimum atomic E-state index is -0.558. The third kappa shape index (κ3) is 3.96. The molecule has 0 aliphatic rings. The largest absolute Gasteiger partial charge is 0.497 e. The van der Waals surface area contributed by atoms with E-state index in [4.69, 9.17) is 10.5 Å². The molecule has 8 nitrogen and oxygen atoms in total. The third-order valence-corrected chi connectivity index (χ3v) is 4.17. The zero-order valence-corrected chi connectivity index (χ0v) is 15.5. The lowest BCUT2D eigenvalue weighted by molar-refractivity contribution is 0.0601. The van der Waals surface area contributed by atoms with E-state index in [2.05, 4.69) is 15.2 Å². The second-order valence-electron chi connectivity index (χ2n) is 5.93. The van der Waals surface area contributed by atoms with Crippen LogP contribution in [0.5, 0.6) is 5.75 Å². The Morgan fingerprint density at radius 1 is 1.14 bits per heavy atom. The van der Waals surface area contributed by atoms with Crippen LogP contribution in [0.1, 0.15) is 26.3 Å². The van der Waals surface area contributed by atoms with Gasteiger partial charge < -0.3 is 20.5 Å². The lowest BCUT2D eigenvalue weighted by atomic mass is 10.1. The van der Waals surface area contributed by atoms with Crippen LogP contribution in [0.2, 0.25) is 0 Å². The Kier molecular flexibility index (Phi) is 5.59. The molecule has 8 heteroatoms. The van der Waals surface area contributed by atoms with Crippen molar-refractivity contribution in [3.05, 3.63) is 71.4 Å². The summed E-state index contributed by atoms with van der Waals surface area (Å²) >= 11 is 0. The SMILES string of the molecule is COC(=O)c1cnn(-c2ccc(C(=O)NCc3cccc(OC)c3)cc2)c1N.